The topological polar surface area (TPSA) is 74.7 Å². The van der Waals surface area contributed by atoms with Gasteiger partial charge in [0.25, 0.3) is 5.91 Å². The SMILES string of the molecule is CC1COCCN1c1cc2c(c(CO)n1)CNC2=O. The summed E-state index contributed by atoms with van der Waals surface area (Å²) >= 11 is 0. The summed E-state index contributed by atoms with van der Waals surface area (Å²) in [4.78, 5) is 18.4. The number of nitrogens with one attached hydrogen (secondary N) is 1. The van der Waals surface area contributed by atoms with E-state index in [1.807, 2.05) is 6.07 Å². The highest BCUT2D eigenvalue weighted by atomic mass is 16.5. The molecule has 6 heteroatoms. The number of hydrogen-bond acceptors (Lipinski definition) is 5. The van der Waals surface area contributed by atoms with Crippen LogP contribution in [0.25, 0.3) is 0 Å². The van der Waals surface area contributed by atoms with E-state index in [9.17, 15) is 9.90 Å². The fourth-order valence-corrected chi connectivity index (χ4v) is 2.62. The monoisotopic (exact) mass is 263 g/mol. The van der Waals surface area contributed by atoms with E-state index in [0.717, 1.165) is 17.9 Å². The summed E-state index contributed by atoms with van der Waals surface area (Å²) < 4.78 is 5.41. The van der Waals surface area contributed by atoms with Crippen LogP contribution >= 0.6 is 0 Å². The van der Waals surface area contributed by atoms with Crippen molar-refractivity contribution in [2.75, 3.05) is 24.7 Å². The van der Waals surface area contributed by atoms with Gasteiger partial charge in [-0.15, -0.1) is 0 Å². The average molecular weight is 263 g/mol. The molecule has 2 aliphatic heterocycles. The van der Waals surface area contributed by atoms with E-state index in [1.165, 1.54) is 0 Å². The number of carbonyl (C=O) groups is 1. The molecule has 1 aromatic rings. The molecule has 1 unspecified atom stereocenters. The number of ether oxygens (including phenoxy) is 1. The Labute approximate surface area is 111 Å². The molecule has 1 fully saturated rings. The van der Waals surface area contributed by atoms with Crippen LogP contribution in [0.2, 0.25) is 0 Å². The minimum Gasteiger partial charge on any atom is -0.390 e. The van der Waals surface area contributed by atoms with E-state index in [4.69, 9.17) is 4.74 Å². The molecule has 1 saturated heterocycles. The van der Waals surface area contributed by atoms with Crippen molar-refractivity contribution >= 4 is 11.7 Å². The summed E-state index contributed by atoms with van der Waals surface area (Å²) in [7, 11) is 0. The Morgan fingerprint density at radius 1 is 1.63 bits per heavy atom. The van der Waals surface area contributed by atoms with Gasteiger partial charge in [-0.05, 0) is 13.0 Å². The Morgan fingerprint density at radius 2 is 2.47 bits per heavy atom. The third kappa shape index (κ3) is 2.06. The maximum atomic E-state index is 11.8. The van der Waals surface area contributed by atoms with Crippen molar-refractivity contribution in [1.82, 2.24) is 10.3 Å². The van der Waals surface area contributed by atoms with Gasteiger partial charge in [0.1, 0.15) is 5.82 Å². The highest BCUT2D eigenvalue weighted by Crippen LogP contribution is 2.26. The average Bonchev–Trinajstić information content (AvgIpc) is 2.80. The number of aliphatic hydroxyl groups is 1. The molecule has 0 aliphatic carbocycles. The van der Waals surface area contributed by atoms with Crippen molar-refractivity contribution in [2.24, 2.45) is 0 Å². The first-order valence-corrected chi connectivity index (χ1v) is 6.47. The van der Waals surface area contributed by atoms with E-state index >= 15 is 0 Å². The van der Waals surface area contributed by atoms with Crippen molar-refractivity contribution in [2.45, 2.75) is 26.1 Å². The van der Waals surface area contributed by atoms with Crippen molar-refractivity contribution in [3.63, 3.8) is 0 Å². The van der Waals surface area contributed by atoms with Gasteiger partial charge in [-0.1, -0.05) is 0 Å². The zero-order valence-corrected chi connectivity index (χ0v) is 10.8. The molecular formula is C13H17N3O3. The molecule has 3 rings (SSSR count). The van der Waals surface area contributed by atoms with Crippen LogP contribution in [0.15, 0.2) is 6.07 Å². The van der Waals surface area contributed by atoms with Crippen LogP contribution in [0.5, 0.6) is 0 Å². The molecule has 0 spiro atoms. The zero-order chi connectivity index (χ0) is 13.4. The lowest BCUT2D eigenvalue weighted by atomic mass is 10.1. The molecule has 1 aromatic heterocycles. The van der Waals surface area contributed by atoms with Gasteiger partial charge in [0.2, 0.25) is 0 Å². The van der Waals surface area contributed by atoms with Crippen molar-refractivity contribution in [3.05, 3.63) is 22.9 Å². The van der Waals surface area contributed by atoms with Gasteiger partial charge in [0.05, 0.1) is 31.6 Å². The smallest absolute Gasteiger partial charge is 0.252 e. The number of fused-ring (bicyclic) bond motifs is 1. The Hall–Kier alpha value is -1.66. The van der Waals surface area contributed by atoms with E-state index in [-0.39, 0.29) is 18.6 Å². The number of rotatable bonds is 2. The quantitative estimate of drug-likeness (QED) is 0.788. The second kappa shape index (κ2) is 4.79. The van der Waals surface area contributed by atoms with Gasteiger partial charge in [0, 0.05) is 24.2 Å². The van der Waals surface area contributed by atoms with Crippen LogP contribution in [-0.2, 0) is 17.9 Å². The molecule has 0 radical (unpaired) electrons. The Balaban J connectivity index is 2.02. The number of aliphatic hydroxyl groups excluding tert-OH is 1. The maximum absolute atomic E-state index is 11.8. The number of amides is 1. The highest BCUT2D eigenvalue weighted by Gasteiger charge is 2.27. The molecule has 0 aromatic carbocycles. The maximum Gasteiger partial charge on any atom is 0.252 e. The normalized spacial score (nSPS) is 22.3. The lowest BCUT2D eigenvalue weighted by Crippen LogP contribution is -2.44. The molecule has 2 N–H and O–H groups in total. The summed E-state index contributed by atoms with van der Waals surface area (Å²) in [5.41, 5.74) is 2.04. The molecule has 3 heterocycles. The first kappa shape index (κ1) is 12.4. The molecule has 0 saturated carbocycles. The fraction of sp³-hybridized carbons (Fsp3) is 0.538. The van der Waals surface area contributed by atoms with Gasteiger partial charge in [-0.2, -0.15) is 0 Å². The molecule has 19 heavy (non-hydrogen) atoms. The predicted molar refractivity (Wildman–Crippen MR) is 69.0 cm³/mol. The molecule has 2 aliphatic rings. The molecule has 102 valence electrons. The third-order valence-corrected chi connectivity index (χ3v) is 3.68. The van der Waals surface area contributed by atoms with Crippen molar-refractivity contribution in [3.8, 4) is 0 Å². The second-order valence-corrected chi connectivity index (χ2v) is 4.91. The van der Waals surface area contributed by atoms with E-state index in [0.29, 0.717) is 31.0 Å². The largest absolute Gasteiger partial charge is 0.390 e. The number of nitrogens with zero attached hydrogens (tertiary/aromatic N) is 2. The number of hydrogen-bond donors (Lipinski definition) is 2. The predicted octanol–water partition coefficient (Wildman–Crippen LogP) is 0.0424. The lowest BCUT2D eigenvalue weighted by molar-refractivity contribution is 0.0965. The number of carbonyl (C=O) groups excluding carboxylic acids is 1. The molecular weight excluding hydrogens is 246 g/mol. The minimum atomic E-state index is -0.149. The Morgan fingerprint density at radius 3 is 3.21 bits per heavy atom. The van der Waals surface area contributed by atoms with Gasteiger partial charge in [0.15, 0.2) is 0 Å². The minimum absolute atomic E-state index is 0.0886. The molecule has 0 bridgehead atoms. The summed E-state index contributed by atoms with van der Waals surface area (Å²) in [5, 5.41) is 12.2. The number of pyridine rings is 1. The molecule has 1 amide bonds. The van der Waals surface area contributed by atoms with Gasteiger partial charge >= 0.3 is 0 Å². The number of aromatic nitrogens is 1. The first-order chi connectivity index (χ1) is 9.20. The molecule has 1 atom stereocenters. The van der Waals surface area contributed by atoms with E-state index in [1.54, 1.807) is 0 Å². The van der Waals surface area contributed by atoms with Crippen LogP contribution in [0.3, 0.4) is 0 Å². The van der Waals surface area contributed by atoms with E-state index in [2.05, 4.69) is 22.1 Å². The summed E-state index contributed by atoms with van der Waals surface area (Å²) in [6, 6.07) is 2.04. The summed E-state index contributed by atoms with van der Waals surface area (Å²) in [6.45, 7) is 4.43. The van der Waals surface area contributed by atoms with Gasteiger partial charge in [-0.3, -0.25) is 4.79 Å². The third-order valence-electron chi connectivity index (χ3n) is 3.68. The number of anilines is 1. The van der Waals surface area contributed by atoms with Crippen LogP contribution in [0.4, 0.5) is 5.82 Å². The standard InChI is InChI=1S/C13H17N3O3/c1-8-7-19-3-2-16(8)12-4-9-10(5-14-13(9)18)11(6-17)15-12/h4,8,17H,2-3,5-7H2,1H3,(H,14,18). The van der Waals surface area contributed by atoms with Gasteiger partial charge < -0.3 is 20.1 Å². The highest BCUT2D eigenvalue weighted by molar-refractivity contribution is 5.99. The van der Waals surface area contributed by atoms with Crippen molar-refractivity contribution < 1.29 is 14.6 Å². The Bertz CT molecular complexity index is 518. The molecule has 6 nitrogen and oxygen atoms in total. The van der Waals surface area contributed by atoms with Crippen LogP contribution in [0, 0.1) is 0 Å². The van der Waals surface area contributed by atoms with Gasteiger partial charge in [-0.25, -0.2) is 4.98 Å². The lowest BCUT2D eigenvalue weighted by Gasteiger charge is -2.34. The van der Waals surface area contributed by atoms with Crippen LogP contribution < -0.4 is 10.2 Å². The zero-order valence-electron chi connectivity index (χ0n) is 10.8. The fourth-order valence-electron chi connectivity index (χ4n) is 2.62. The number of morpholine rings is 1. The van der Waals surface area contributed by atoms with Crippen molar-refractivity contribution in [1.29, 1.82) is 0 Å². The second-order valence-electron chi connectivity index (χ2n) is 4.91. The summed E-state index contributed by atoms with van der Waals surface area (Å²) in [5.74, 6) is 0.657. The Kier molecular flexibility index (Phi) is 3.12. The summed E-state index contributed by atoms with van der Waals surface area (Å²) in [6.07, 6.45) is 0. The van der Waals surface area contributed by atoms with Crippen LogP contribution in [-0.4, -0.2) is 41.8 Å². The van der Waals surface area contributed by atoms with Crippen LogP contribution in [0.1, 0.15) is 28.5 Å². The van der Waals surface area contributed by atoms with E-state index < -0.39 is 0 Å². The first-order valence-electron chi connectivity index (χ1n) is 6.47.